The Morgan fingerprint density at radius 2 is 1.76 bits per heavy atom. The van der Waals surface area contributed by atoms with Gasteiger partial charge in [0, 0.05) is 19.8 Å². The predicted octanol–water partition coefficient (Wildman–Crippen LogP) is 4.88. The van der Waals surface area contributed by atoms with Gasteiger partial charge < -0.3 is 10.1 Å². The molecule has 1 aliphatic carbocycles. The van der Waals surface area contributed by atoms with Crippen LogP contribution in [0.1, 0.15) is 73.1 Å². The highest BCUT2D eigenvalue weighted by Crippen LogP contribution is 2.41. The van der Waals surface area contributed by atoms with Crippen LogP contribution in [0.2, 0.25) is 0 Å². The number of methoxy groups -OCH3 is 1. The van der Waals surface area contributed by atoms with E-state index in [4.69, 9.17) is 4.74 Å². The van der Waals surface area contributed by atoms with E-state index < -0.39 is 0 Å². The van der Waals surface area contributed by atoms with Crippen LogP contribution in [0, 0.1) is 23.2 Å². The first-order chi connectivity index (χ1) is 9.90. The van der Waals surface area contributed by atoms with Gasteiger partial charge in [-0.05, 0) is 68.2 Å². The highest BCUT2D eigenvalue weighted by atomic mass is 16.5. The lowest BCUT2D eigenvalue weighted by Gasteiger charge is -2.41. The lowest BCUT2D eigenvalue weighted by Crippen LogP contribution is -2.44. The molecule has 0 saturated heterocycles. The van der Waals surface area contributed by atoms with Gasteiger partial charge in [0.25, 0.3) is 0 Å². The van der Waals surface area contributed by atoms with Crippen LogP contribution in [-0.4, -0.2) is 26.3 Å². The van der Waals surface area contributed by atoms with Gasteiger partial charge in [0.1, 0.15) is 0 Å². The second kappa shape index (κ2) is 9.15. The average molecular weight is 298 g/mol. The van der Waals surface area contributed by atoms with Crippen molar-refractivity contribution in [3.05, 3.63) is 0 Å². The van der Waals surface area contributed by atoms with E-state index in [0.717, 1.165) is 25.0 Å². The summed E-state index contributed by atoms with van der Waals surface area (Å²) < 4.78 is 5.29. The van der Waals surface area contributed by atoms with Gasteiger partial charge >= 0.3 is 0 Å². The second-order valence-corrected chi connectivity index (χ2v) is 8.22. The lowest BCUT2D eigenvalue weighted by atomic mass is 9.67. The summed E-state index contributed by atoms with van der Waals surface area (Å²) in [5.41, 5.74) is 0.485. The molecule has 0 bridgehead atoms. The molecule has 2 atom stereocenters. The van der Waals surface area contributed by atoms with Gasteiger partial charge in [-0.2, -0.15) is 0 Å². The summed E-state index contributed by atoms with van der Waals surface area (Å²) in [5, 5.41) is 3.85. The smallest absolute Gasteiger partial charge is 0.0465 e. The van der Waals surface area contributed by atoms with Gasteiger partial charge in [0.15, 0.2) is 0 Å². The summed E-state index contributed by atoms with van der Waals surface area (Å²) in [4.78, 5) is 0. The monoisotopic (exact) mass is 297 g/mol. The molecule has 2 unspecified atom stereocenters. The molecule has 0 aliphatic heterocycles. The maximum absolute atomic E-state index is 5.29. The van der Waals surface area contributed by atoms with E-state index in [9.17, 15) is 0 Å². The summed E-state index contributed by atoms with van der Waals surface area (Å²) in [5.74, 6) is 2.49. The van der Waals surface area contributed by atoms with E-state index in [1.807, 2.05) is 7.11 Å². The third-order valence-electron chi connectivity index (χ3n) is 5.52. The normalized spacial score (nSPS) is 26.6. The minimum absolute atomic E-state index is 0.485. The van der Waals surface area contributed by atoms with Gasteiger partial charge in [0.05, 0.1) is 0 Å². The molecule has 2 heteroatoms. The van der Waals surface area contributed by atoms with Crippen molar-refractivity contribution in [2.45, 2.75) is 79.2 Å². The fourth-order valence-corrected chi connectivity index (χ4v) is 3.97. The minimum Gasteiger partial charge on any atom is -0.385 e. The van der Waals surface area contributed by atoms with Crippen LogP contribution in [0.4, 0.5) is 0 Å². The molecule has 0 aromatic heterocycles. The maximum atomic E-state index is 5.29. The Morgan fingerprint density at radius 3 is 2.24 bits per heavy atom. The zero-order chi connectivity index (χ0) is 15.9. The standard InChI is InChI=1S/C19H39NO/c1-7-13-20-18(15(2)12-14-21-6)16-8-10-17(11-9-16)19(3,4)5/h15-18,20H,7-14H2,1-6H3. The van der Waals surface area contributed by atoms with Crippen LogP contribution < -0.4 is 5.32 Å². The minimum atomic E-state index is 0.485. The summed E-state index contributed by atoms with van der Waals surface area (Å²) in [6.07, 6.45) is 8.04. The van der Waals surface area contributed by atoms with E-state index in [1.165, 1.54) is 38.5 Å². The topological polar surface area (TPSA) is 21.3 Å². The summed E-state index contributed by atoms with van der Waals surface area (Å²) in [6, 6.07) is 0.681. The predicted molar refractivity (Wildman–Crippen MR) is 92.6 cm³/mol. The highest BCUT2D eigenvalue weighted by molar-refractivity contribution is 4.88. The van der Waals surface area contributed by atoms with Crippen LogP contribution in [-0.2, 0) is 4.74 Å². The Balaban J connectivity index is 2.55. The van der Waals surface area contributed by atoms with E-state index >= 15 is 0 Å². The first-order valence-electron chi connectivity index (χ1n) is 9.12. The zero-order valence-electron chi connectivity index (χ0n) is 15.4. The van der Waals surface area contributed by atoms with Crippen LogP contribution in [0.3, 0.4) is 0 Å². The van der Waals surface area contributed by atoms with Gasteiger partial charge in [0.2, 0.25) is 0 Å². The molecule has 1 N–H and O–H groups in total. The number of nitrogens with one attached hydrogen (secondary N) is 1. The molecule has 1 fully saturated rings. The quantitative estimate of drug-likeness (QED) is 0.689. The van der Waals surface area contributed by atoms with E-state index in [-0.39, 0.29) is 0 Å². The molecule has 0 radical (unpaired) electrons. The molecule has 0 aromatic carbocycles. The largest absolute Gasteiger partial charge is 0.385 e. The van der Waals surface area contributed by atoms with Crippen LogP contribution in [0.5, 0.6) is 0 Å². The van der Waals surface area contributed by atoms with Crippen molar-refractivity contribution in [2.75, 3.05) is 20.3 Å². The first kappa shape index (κ1) is 19.0. The van der Waals surface area contributed by atoms with Crippen molar-refractivity contribution in [2.24, 2.45) is 23.2 Å². The maximum Gasteiger partial charge on any atom is 0.0465 e. The first-order valence-corrected chi connectivity index (χ1v) is 9.12. The third-order valence-corrected chi connectivity index (χ3v) is 5.52. The molecule has 1 aliphatic rings. The molecule has 0 spiro atoms. The fourth-order valence-electron chi connectivity index (χ4n) is 3.97. The van der Waals surface area contributed by atoms with Crippen LogP contribution in [0.25, 0.3) is 0 Å². The molecule has 126 valence electrons. The van der Waals surface area contributed by atoms with E-state index in [2.05, 4.69) is 39.9 Å². The second-order valence-electron chi connectivity index (χ2n) is 8.22. The zero-order valence-corrected chi connectivity index (χ0v) is 15.4. The highest BCUT2D eigenvalue weighted by Gasteiger charge is 2.34. The van der Waals surface area contributed by atoms with Gasteiger partial charge in [-0.25, -0.2) is 0 Å². The Bertz CT molecular complexity index is 263. The lowest BCUT2D eigenvalue weighted by molar-refractivity contribution is 0.107. The molecule has 2 nitrogen and oxygen atoms in total. The van der Waals surface area contributed by atoms with Crippen LogP contribution in [0.15, 0.2) is 0 Å². The Kier molecular flexibility index (Phi) is 8.26. The van der Waals surface area contributed by atoms with Gasteiger partial charge in [-0.3, -0.25) is 0 Å². The SMILES string of the molecule is CCCNC(C(C)CCOC)C1CCC(C(C)(C)C)CC1. The molecule has 1 saturated carbocycles. The van der Waals surface area contributed by atoms with Crippen molar-refractivity contribution in [1.82, 2.24) is 5.32 Å². The summed E-state index contributed by atoms with van der Waals surface area (Å²) in [6.45, 7) is 13.9. The molecular weight excluding hydrogens is 258 g/mol. The molecule has 0 heterocycles. The number of hydrogen-bond donors (Lipinski definition) is 1. The van der Waals surface area contributed by atoms with Crippen molar-refractivity contribution >= 4 is 0 Å². The average Bonchev–Trinajstić information content (AvgIpc) is 2.45. The Labute approximate surface area is 133 Å². The summed E-state index contributed by atoms with van der Waals surface area (Å²) in [7, 11) is 1.82. The number of hydrogen-bond acceptors (Lipinski definition) is 2. The number of rotatable bonds is 8. The van der Waals surface area contributed by atoms with E-state index in [0.29, 0.717) is 17.4 Å². The number of ether oxygens (including phenoxy) is 1. The summed E-state index contributed by atoms with van der Waals surface area (Å²) >= 11 is 0. The van der Waals surface area contributed by atoms with Crippen molar-refractivity contribution in [3.8, 4) is 0 Å². The fraction of sp³-hybridized carbons (Fsp3) is 1.00. The van der Waals surface area contributed by atoms with Gasteiger partial charge in [-0.15, -0.1) is 0 Å². The van der Waals surface area contributed by atoms with Crippen LogP contribution >= 0.6 is 0 Å². The molecule has 0 aromatic rings. The molecule has 21 heavy (non-hydrogen) atoms. The van der Waals surface area contributed by atoms with Crippen molar-refractivity contribution in [3.63, 3.8) is 0 Å². The molecular formula is C19H39NO. The Hall–Kier alpha value is -0.0800. The van der Waals surface area contributed by atoms with Crippen molar-refractivity contribution < 1.29 is 4.74 Å². The molecule has 1 rings (SSSR count). The van der Waals surface area contributed by atoms with Crippen molar-refractivity contribution in [1.29, 1.82) is 0 Å². The Morgan fingerprint density at radius 1 is 1.14 bits per heavy atom. The molecule has 0 amide bonds. The third kappa shape index (κ3) is 6.28. The van der Waals surface area contributed by atoms with E-state index in [1.54, 1.807) is 0 Å². The van der Waals surface area contributed by atoms with Gasteiger partial charge in [-0.1, -0.05) is 34.6 Å².